The maximum Gasteiger partial charge on any atom is 0.232 e. The molecular formula is C20H24N2O. The van der Waals surface area contributed by atoms with Gasteiger partial charge in [0.25, 0.3) is 0 Å². The van der Waals surface area contributed by atoms with Crippen molar-refractivity contribution in [3.8, 4) is 0 Å². The Morgan fingerprint density at radius 1 is 1.04 bits per heavy atom. The number of nitrogens with one attached hydrogen (secondary N) is 1. The van der Waals surface area contributed by atoms with Crippen molar-refractivity contribution in [3.63, 3.8) is 0 Å². The van der Waals surface area contributed by atoms with Crippen LogP contribution in [0.2, 0.25) is 0 Å². The minimum atomic E-state index is -0.758. The molecule has 1 atom stereocenters. The van der Waals surface area contributed by atoms with Crippen molar-refractivity contribution in [2.24, 2.45) is 11.7 Å². The van der Waals surface area contributed by atoms with Gasteiger partial charge in [0.1, 0.15) is 0 Å². The van der Waals surface area contributed by atoms with Gasteiger partial charge in [-0.25, -0.2) is 0 Å². The van der Waals surface area contributed by atoms with Crippen LogP contribution in [0.1, 0.15) is 30.4 Å². The largest absolute Gasteiger partial charge is 0.369 e. The van der Waals surface area contributed by atoms with Crippen LogP contribution in [0.5, 0.6) is 0 Å². The number of primary amides is 1. The van der Waals surface area contributed by atoms with Crippen LogP contribution >= 0.6 is 0 Å². The number of rotatable bonds is 5. The molecule has 2 aromatic rings. The van der Waals surface area contributed by atoms with Crippen molar-refractivity contribution in [2.75, 3.05) is 13.1 Å². The second-order valence-corrected chi connectivity index (χ2v) is 6.42. The Balaban J connectivity index is 2.08. The van der Waals surface area contributed by atoms with E-state index in [1.165, 1.54) is 0 Å². The zero-order valence-corrected chi connectivity index (χ0v) is 13.4. The molecule has 23 heavy (non-hydrogen) atoms. The molecule has 0 radical (unpaired) electrons. The fourth-order valence-electron chi connectivity index (χ4n) is 3.76. The zero-order valence-electron chi connectivity index (χ0n) is 13.4. The Labute approximate surface area is 137 Å². The monoisotopic (exact) mass is 308 g/mol. The molecule has 0 spiro atoms. The smallest absolute Gasteiger partial charge is 0.232 e. The van der Waals surface area contributed by atoms with Crippen molar-refractivity contribution in [1.29, 1.82) is 0 Å². The van der Waals surface area contributed by atoms with E-state index in [1.54, 1.807) is 0 Å². The molecule has 2 aromatic carbocycles. The number of piperidine rings is 1. The number of hydrogen-bond acceptors (Lipinski definition) is 2. The molecule has 0 aliphatic carbocycles. The lowest BCUT2D eigenvalue weighted by atomic mass is 9.67. The molecule has 3 N–H and O–H groups in total. The lowest BCUT2D eigenvalue weighted by molar-refractivity contribution is -0.122. The van der Waals surface area contributed by atoms with Crippen LogP contribution in [0.4, 0.5) is 0 Å². The van der Waals surface area contributed by atoms with Crippen LogP contribution in [0.15, 0.2) is 60.7 Å². The van der Waals surface area contributed by atoms with Gasteiger partial charge in [0.05, 0.1) is 5.41 Å². The predicted molar refractivity (Wildman–Crippen MR) is 93.1 cm³/mol. The highest BCUT2D eigenvalue weighted by Gasteiger charge is 2.42. The van der Waals surface area contributed by atoms with Crippen molar-refractivity contribution < 1.29 is 4.79 Å². The van der Waals surface area contributed by atoms with Gasteiger partial charge in [0, 0.05) is 0 Å². The summed E-state index contributed by atoms with van der Waals surface area (Å²) in [5.41, 5.74) is 7.22. The van der Waals surface area contributed by atoms with Gasteiger partial charge in [0.2, 0.25) is 5.91 Å². The Morgan fingerprint density at radius 2 is 1.61 bits per heavy atom. The Bertz CT molecular complexity index is 594. The number of carbonyl (C=O) groups is 1. The van der Waals surface area contributed by atoms with E-state index >= 15 is 0 Å². The van der Waals surface area contributed by atoms with Crippen molar-refractivity contribution in [2.45, 2.75) is 24.7 Å². The first kappa shape index (κ1) is 15.8. The first-order chi connectivity index (χ1) is 11.2. The van der Waals surface area contributed by atoms with Crippen LogP contribution in [0.25, 0.3) is 0 Å². The second kappa shape index (κ2) is 6.97. The topological polar surface area (TPSA) is 55.1 Å². The van der Waals surface area contributed by atoms with Gasteiger partial charge < -0.3 is 11.1 Å². The first-order valence-electron chi connectivity index (χ1n) is 8.35. The van der Waals surface area contributed by atoms with Crippen molar-refractivity contribution in [3.05, 3.63) is 71.8 Å². The molecule has 3 rings (SSSR count). The highest BCUT2D eigenvalue weighted by Crippen LogP contribution is 2.39. The van der Waals surface area contributed by atoms with E-state index in [0.29, 0.717) is 5.92 Å². The Morgan fingerprint density at radius 3 is 2.04 bits per heavy atom. The standard InChI is InChI=1S/C20H24N2O/c21-19(23)20(17-9-3-1-4-10-17,18-11-5-2-6-12-18)14-16-8-7-13-22-15-16/h1-6,9-12,16,22H,7-8,13-15H2,(H2,21,23). The minimum absolute atomic E-state index is 0.263. The van der Waals surface area contributed by atoms with Crippen LogP contribution in [0, 0.1) is 5.92 Å². The summed E-state index contributed by atoms with van der Waals surface area (Å²) in [7, 11) is 0. The van der Waals surface area contributed by atoms with Gasteiger partial charge in [-0.05, 0) is 49.4 Å². The van der Waals surface area contributed by atoms with Gasteiger partial charge in [-0.15, -0.1) is 0 Å². The van der Waals surface area contributed by atoms with E-state index in [2.05, 4.69) is 5.32 Å². The summed E-state index contributed by atoms with van der Waals surface area (Å²) >= 11 is 0. The molecule has 1 aliphatic rings. The quantitative estimate of drug-likeness (QED) is 0.892. The highest BCUT2D eigenvalue weighted by molar-refractivity contribution is 5.90. The van der Waals surface area contributed by atoms with Crippen LogP contribution in [0.3, 0.4) is 0 Å². The summed E-state index contributed by atoms with van der Waals surface area (Å²) in [6.45, 7) is 2.02. The van der Waals surface area contributed by atoms with E-state index in [0.717, 1.165) is 43.5 Å². The van der Waals surface area contributed by atoms with E-state index < -0.39 is 5.41 Å². The van der Waals surface area contributed by atoms with Crippen LogP contribution in [-0.4, -0.2) is 19.0 Å². The summed E-state index contributed by atoms with van der Waals surface area (Å²) in [6.07, 6.45) is 3.05. The lowest BCUT2D eigenvalue weighted by Gasteiger charge is -2.36. The van der Waals surface area contributed by atoms with Gasteiger partial charge >= 0.3 is 0 Å². The number of hydrogen-bond donors (Lipinski definition) is 2. The average Bonchev–Trinajstić information content (AvgIpc) is 2.62. The fourth-order valence-corrected chi connectivity index (χ4v) is 3.76. The van der Waals surface area contributed by atoms with E-state index in [4.69, 9.17) is 5.73 Å². The van der Waals surface area contributed by atoms with E-state index in [-0.39, 0.29) is 5.91 Å². The molecule has 1 unspecified atom stereocenters. The normalized spacial score (nSPS) is 18.5. The Hall–Kier alpha value is -2.13. The summed E-state index contributed by atoms with van der Waals surface area (Å²) < 4.78 is 0. The van der Waals surface area contributed by atoms with Crippen molar-refractivity contribution >= 4 is 5.91 Å². The number of nitrogens with two attached hydrogens (primary N) is 1. The average molecular weight is 308 g/mol. The van der Waals surface area contributed by atoms with Gasteiger partial charge in [-0.3, -0.25) is 4.79 Å². The van der Waals surface area contributed by atoms with Gasteiger partial charge in [-0.2, -0.15) is 0 Å². The maximum atomic E-state index is 12.7. The van der Waals surface area contributed by atoms with Gasteiger partial charge in [-0.1, -0.05) is 60.7 Å². The fraction of sp³-hybridized carbons (Fsp3) is 0.350. The Kier molecular flexibility index (Phi) is 4.77. The van der Waals surface area contributed by atoms with Crippen molar-refractivity contribution in [1.82, 2.24) is 5.32 Å². The third-order valence-electron chi connectivity index (χ3n) is 4.95. The second-order valence-electron chi connectivity index (χ2n) is 6.42. The minimum Gasteiger partial charge on any atom is -0.369 e. The molecular weight excluding hydrogens is 284 g/mol. The molecule has 1 aliphatic heterocycles. The molecule has 0 aromatic heterocycles. The van der Waals surface area contributed by atoms with E-state index in [9.17, 15) is 4.79 Å². The molecule has 1 amide bonds. The predicted octanol–water partition coefficient (Wildman–Crippen LogP) is 2.85. The highest BCUT2D eigenvalue weighted by atomic mass is 16.1. The van der Waals surface area contributed by atoms with Gasteiger partial charge in [0.15, 0.2) is 0 Å². The summed E-state index contributed by atoms with van der Waals surface area (Å²) in [5.74, 6) is 0.192. The third-order valence-corrected chi connectivity index (χ3v) is 4.95. The molecule has 1 saturated heterocycles. The molecule has 0 bridgehead atoms. The number of amides is 1. The van der Waals surface area contributed by atoms with Crippen LogP contribution in [-0.2, 0) is 10.2 Å². The molecule has 1 fully saturated rings. The molecule has 120 valence electrons. The molecule has 3 nitrogen and oxygen atoms in total. The zero-order chi connectivity index (χ0) is 16.1. The molecule has 1 heterocycles. The lowest BCUT2D eigenvalue weighted by Crippen LogP contribution is -2.46. The summed E-state index contributed by atoms with van der Waals surface area (Å²) in [6, 6.07) is 20.0. The molecule has 3 heteroatoms. The third kappa shape index (κ3) is 3.15. The number of carbonyl (C=O) groups excluding carboxylic acids is 1. The SMILES string of the molecule is NC(=O)C(CC1CCCNC1)(c1ccccc1)c1ccccc1. The number of benzene rings is 2. The first-order valence-corrected chi connectivity index (χ1v) is 8.35. The van der Waals surface area contributed by atoms with E-state index in [1.807, 2.05) is 60.7 Å². The maximum absolute atomic E-state index is 12.7. The summed E-state index contributed by atoms with van der Waals surface area (Å²) in [5, 5.41) is 3.45. The van der Waals surface area contributed by atoms with Crippen LogP contribution < -0.4 is 11.1 Å². The summed E-state index contributed by atoms with van der Waals surface area (Å²) in [4.78, 5) is 12.7. The molecule has 0 saturated carbocycles.